The molecule has 0 atom stereocenters. The molecular formula is C12H10ClN7O. The number of rotatable bonds is 4. The van der Waals surface area contributed by atoms with Crippen molar-refractivity contribution in [1.29, 1.82) is 0 Å². The number of hydrogen-bond donors (Lipinski definition) is 2. The van der Waals surface area contributed by atoms with E-state index in [1.165, 1.54) is 12.5 Å². The first-order valence-electron chi connectivity index (χ1n) is 5.97. The molecule has 0 aliphatic rings. The predicted octanol–water partition coefficient (Wildman–Crippen LogP) is 1.04. The highest BCUT2D eigenvalue weighted by Gasteiger charge is 2.14. The molecule has 3 rings (SSSR count). The van der Waals surface area contributed by atoms with Crippen LogP contribution in [0.3, 0.4) is 0 Å². The molecule has 0 spiro atoms. The lowest BCUT2D eigenvalue weighted by Gasteiger charge is -2.04. The summed E-state index contributed by atoms with van der Waals surface area (Å²) < 4.78 is 1.58. The molecule has 0 aliphatic carbocycles. The monoisotopic (exact) mass is 303 g/mol. The molecule has 106 valence electrons. The van der Waals surface area contributed by atoms with Crippen LogP contribution in [0.5, 0.6) is 0 Å². The van der Waals surface area contributed by atoms with Gasteiger partial charge in [-0.1, -0.05) is 0 Å². The van der Waals surface area contributed by atoms with Crippen molar-refractivity contribution in [3.8, 4) is 0 Å². The van der Waals surface area contributed by atoms with Crippen molar-refractivity contribution in [1.82, 2.24) is 24.5 Å². The Balaban J connectivity index is 1.98. The fraction of sp³-hybridized carbons (Fsp3) is 0.0833. The van der Waals surface area contributed by atoms with Gasteiger partial charge in [0, 0.05) is 18.0 Å². The molecule has 0 fully saturated rings. The molecule has 0 saturated carbocycles. The van der Waals surface area contributed by atoms with Gasteiger partial charge in [-0.05, 0) is 23.7 Å². The van der Waals surface area contributed by atoms with Gasteiger partial charge in [-0.15, -0.1) is 0 Å². The van der Waals surface area contributed by atoms with E-state index in [4.69, 9.17) is 17.4 Å². The van der Waals surface area contributed by atoms with Crippen molar-refractivity contribution in [3.63, 3.8) is 0 Å². The second kappa shape index (κ2) is 5.43. The number of nitrogen functional groups attached to an aromatic ring is 1. The number of fused-ring (bicyclic) bond motifs is 1. The summed E-state index contributed by atoms with van der Waals surface area (Å²) in [4.78, 5) is 28.3. The highest BCUT2D eigenvalue weighted by Crippen LogP contribution is 2.20. The number of imidazole rings is 1. The summed E-state index contributed by atoms with van der Waals surface area (Å²) in [7, 11) is 0. The van der Waals surface area contributed by atoms with Crippen LogP contribution in [0.2, 0.25) is 5.28 Å². The first-order chi connectivity index (χ1) is 10.2. The summed E-state index contributed by atoms with van der Waals surface area (Å²) in [6, 6.07) is 3.40. The second-order valence-corrected chi connectivity index (χ2v) is 4.53. The number of Topliss-reactive ketones (excluding diaryl/α,β-unsaturated/α-hetero) is 1. The number of ketones is 1. The molecule has 0 unspecified atom stereocenters. The Hall–Kier alpha value is -2.58. The summed E-state index contributed by atoms with van der Waals surface area (Å²) in [5, 5.41) is 0.0195. The van der Waals surface area contributed by atoms with E-state index in [0.717, 1.165) is 0 Å². The quantitative estimate of drug-likeness (QED) is 0.320. The van der Waals surface area contributed by atoms with Gasteiger partial charge in [0.15, 0.2) is 22.8 Å². The standard InChI is InChI=1S/C12H10ClN7O/c13-12-17-10(19-14)9-11(18-12)20(6-16-9)5-8(21)7-2-1-3-15-4-7/h1-4,6H,5,14H2,(H,17,18,19). The zero-order valence-electron chi connectivity index (χ0n) is 10.7. The maximum atomic E-state index is 12.2. The van der Waals surface area contributed by atoms with E-state index < -0.39 is 0 Å². The normalized spacial score (nSPS) is 10.8. The van der Waals surface area contributed by atoms with E-state index in [9.17, 15) is 4.79 Å². The average molecular weight is 304 g/mol. The van der Waals surface area contributed by atoms with Crippen molar-refractivity contribution in [2.75, 3.05) is 5.43 Å². The zero-order chi connectivity index (χ0) is 14.8. The third-order valence-corrected chi connectivity index (χ3v) is 3.04. The molecule has 8 nitrogen and oxygen atoms in total. The molecule has 0 radical (unpaired) electrons. The molecule has 0 bridgehead atoms. The molecule has 3 N–H and O–H groups in total. The number of carbonyl (C=O) groups is 1. The van der Waals surface area contributed by atoms with Gasteiger partial charge in [-0.2, -0.15) is 9.97 Å². The topological polar surface area (TPSA) is 112 Å². The van der Waals surface area contributed by atoms with Crippen LogP contribution in [0, 0.1) is 0 Å². The Morgan fingerprint density at radius 2 is 2.29 bits per heavy atom. The minimum Gasteiger partial charge on any atom is -0.307 e. The highest BCUT2D eigenvalue weighted by atomic mass is 35.5. The van der Waals surface area contributed by atoms with Gasteiger partial charge in [0.25, 0.3) is 0 Å². The van der Waals surface area contributed by atoms with E-state index in [2.05, 4.69) is 25.4 Å². The molecule has 3 aromatic rings. The first-order valence-corrected chi connectivity index (χ1v) is 6.35. The Morgan fingerprint density at radius 3 is 3.00 bits per heavy atom. The molecule has 3 aromatic heterocycles. The van der Waals surface area contributed by atoms with E-state index in [1.54, 1.807) is 22.9 Å². The molecule has 21 heavy (non-hydrogen) atoms. The number of nitrogens with one attached hydrogen (secondary N) is 1. The Kier molecular flexibility index (Phi) is 3.46. The summed E-state index contributed by atoms with van der Waals surface area (Å²) in [6.45, 7) is 0.0690. The second-order valence-electron chi connectivity index (χ2n) is 4.20. The summed E-state index contributed by atoms with van der Waals surface area (Å²) >= 11 is 5.83. The van der Waals surface area contributed by atoms with Crippen LogP contribution in [0.4, 0.5) is 5.82 Å². The van der Waals surface area contributed by atoms with Crippen LogP contribution in [0.1, 0.15) is 10.4 Å². The third-order valence-electron chi connectivity index (χ3n) is 2.87. The molecule has 0 aliphatic heterocycles. The first kappa shape index (κ1) is 13.4. The van der Waals surface area contributed by atoms with Crippen LogP contribution >= 0.6 is 11.6 Å². The van der Waals surface area contributed by atoms with Crippen LogP contribution in [-0.4, -0.2) is 30.3 Å². The number of halogens is 1. The molecular weight excluding hydrogens is 294 g/mol. The third kappa shape index (κ3) is 2.54. The highest BCUT2D eigenvalue weighted by molar-refractivity contribution is 6.28. The van der Waals surface area contributed by atoms with Crippen LogP contribution in [0.25, 0.3) is 11.2 Å². The molecule has 9 heteroatoms. The molecule has 0 aromatic carbocycles. The number of hydrogen-bond acceptors (Lipinski definition) is 7. The fourth-order valence-corrected chi connectivity index (χ4v) is 2.07. The number of hydrazine groups is 1. The lowest BCUT2D eigenvalue weighted by molar-refractivity contribution is 0.0973. The van der Waals surface area contributed by atoms with Crippen molar-refractivity contribution >= 4 is 34.4 Å². The van der Waals surface area contributed by atoms with Gasteiger partial charge >= 0.3 is 0 Å². The van der Waals surface area contributed by atoms with Crippen molar-refractivity contribution in [3.05, 3.63) is 41.7 Å². The van der Waals surface area contributed by atoms with E-state index >= 15 is 0 Å². The van der Waals surface area contributed by atoms with Gasteiger partial charge in [0.2, 0.25) is 5.28 Å². The van der Waals surface area contributed by atoms with Crippen molar-refractivity contribution < 1.29 is 4.79 Å². The number of nitrogens with zero attached hydrogens (tertiary/aromatic N) is 5. The van der Waals surface area contributed by atoms with E-state index in [-0.39, 0.29) is 17.6 Å². The molecule has 0 saturated heterocycles. The van der Waals surface area contributed by atoms with Gasteiger partial charge in [-0.3, -0.25) is 9.78 Å². The Morgan fingerprint density at radius 1 is 1.43 bits per heavy atom. The lowest BCUT2D eigenvalue weighted by atomic mass is 10.2. The van der Waals surface area contributed by atoms with Gasteiger partial charge in [-0.25, -0.2) is 10.8 Å². The predicted molar refractivity (Wildman–Crippen MR) is 76.7 cm³/mol. The largest absolute Gasteiger partial charge is 0.307 e. The van der Waals surface area contributed by atoms with Crippen LogP contribution in [-0.2, 0) is 6.54 Å². The number of nitrogens with two attached hydrogens (primary N) is 1. The lowest BCUT2D eigenvalue weighted by Crippen LogP contribution is -2.12. The van der Waals surface area contributed by atoms with Crippen molar-refractivity contribution in [2.45, 2.75) is 6.54 Å². The van der Waals surface area contributed by atoms with Gasteiger partial charge in [0.05, 0.1) is 12.9 Å². The minimum absolute atomic E-state index is 0.0195. The number of anilines is 1. The number of aromatic nitrogens is 5. The summed E-state index contributed by atoms with van der Waals surface area (Å²) in [6.07, 6.45) is 4.61. The fourth-order valence-electron chi connectivity index (χ4n) is 1.91. The average Bonchev–Trinajstić information content (AvgIpc) is 2.90. The zero-order valence-corrected chi connectivity index (χ0v) is 11.4. The SMILES string of the molecule is NNc1nc(Cl)nc2c1ncn2CC(=O)c1cccnc1. The smallest absolute Gasteiger partial charge is 0.226 e. The van der Waals surface area contributed by atoms with E-state index in [0.29, 0.717) is 22.5 Å². The molecule has 3 heterocycles. The molecule has 0 amide bonds. The Bertz CT molecular complexity index is 802. The van der Waals surface area contributed by atoms with Crippen molar-refractivity contribution in [2.24, 2.45) is 5.84 Å². The number of carbonyl (C=O) groups excluding carboxylic acids is 1. The number of pyridine rings is 1. The summed E-state index contributed by atoms with van der Waals surface area (Å²) in [5.41, 5.74) is 3.79. The van der Waals surface area contributed by atoms with E-state index in [1.807, 2.05) is 0 Å². The van der Waals surface area contributed by atoms with Crippen LogP contribution in [0.15, 0.2) is 30.9 Å². The van der Waals surface area contributed by atoms with Gasteiger partial charge < -0.3 is 9.99 Å². The minimum atomic E-state index is -0.112. The maximum absolute atomic E-state index is 12.2. The Labute approximate surface area is 124 Å². The maximum Gasteiger partial charge on any atom is 0.226 e. The van der Waals surface area contributed by atoms with Crippen LogP contribution < -0.4 is 11.3 Å². The summed E-state index contributed by atoms with van der Waals surface area (Å²) in [5.74, 6) is 5.55. The van der Waals surface area contributed by atoms with Gasteiger partial charge in [0.1, 0.15) is 0 Å².